The molecule has 1 amide bonds. The van der Waals surface area contributed by atoms with Crippen LogP contribution in [0.25, 0.3) is 0 Å². The van der Waals surface area contributed by atoms with Gasteiger partial charge in [0, 0.05) is 44.4 Å². The molecule has 2 aromatic heterocycles. The quantitative estimate of drug-likeness (QED) is 0.640. The molecule has 4 rings (SSSR count). The number of aryl methyl sites for hydroxylation is 3. The van der Waals surface area contributed by atoms with Gasteiger partial charge in [-0.15, -0.1) is 11.3 Å². The second kappa shape index (κ2) is 8.47. The Bertz CT molecular complexity index is 1040. The summed E-state index contributed by atoms with van der Waals surface area (Å²) in [4.78, 5) is 31.3. The zero-order valence-electron chi connectivity index (χ0n) is 17.4. The summed E-state index contributed by atoms with van der Waals surface area (Å²) in [6.07, 6.45) is 0.596. The van der Waals surface area contributed by atoms with E-state index in [2.05, 4.69) is 19.9 Å². The molecule has 0 saturated carbocycles. The Labute approximate surface area is 179 Å². The molecule has 0 unspecified atom stereocenters. The number of amides is 1. The zero-order chi connectivity index (χ0) is 21.3. The molecule has 1 fully saturated rings. The molecule has 156 valence electrons. The summed E-state index contributed by atoms with van der Waals surface area (Å²) >= 11 is 1.43. The van der Waals surface area contributed by atoms with Crippen LogP contribution in [-0.2, 0) is 6.42 Å². The van der Waals surface area contributed by atoms with E-state index in [4.69, 9.17) is 0 Å². The average Bonchev–Trinajstić information content (AvgIpc) is 3.08. The summed E-state index contributed by atoms with van der Waals surface area (Å²) in [5, 5.41) is 0.869. The van der Waals surface area contributed by atoms with Gasteiger partial charge in [-0.2, -0.15) is 0 Å². The molecular formula is C22H24FN5OS. The van der Waals surface area contributed by atoms with Crippen LogP contribution in [0.1, 0.15) is 37.5 Å². The van der Waals surface area contributed by atoms with Crippen molar-refractivity contribution in [2.24, 2.45) is 0 Å². The minimum absolute atomic E-state index is 0.0325. The third-order valence-electron chi connectivity index (χ3n) is 5.15. The average molecular weight is 426 g/mol. The van der Waals surface area contributed by atoms with Crippen molar-refractivity contribution in [2.75, 3.05) is 31.1 Å². The molecule has 0 radical (unpaired) electrons. The van der Waals surface area contributed by atoms with E-state index < -0.39 is 0 Å². The molecule has 3 aromatic rings. The van der Waals surface area contributed by atoms with Gasteiger partial charge in [0.2, 0.25) is 0 Å². The Morgan fingerprint density at radius 3 is 2.40 bits per heavy atom. The molecule has 1 saturated heterocycles. The number of thiazole rings is 1. The number of rotatable bonds is 4. The van der Waals surface area contributed by atoms with Gasteiger partial charge < -0.3 is 9.80 Å². The lowest BCUT2D eigenvalue weighted by atomic mass is 10.1. The van der Waals surface area contributed by atoms with Crippen molar-refractivity contribution in [3.63, 3.8) is 0 Å². The fourth-order valence-electron chi connectivity index (χ4n) is 3.64. The number of benzene rings is 1. The second-order valence-electron chi connectivity index (χ2n) is 7.52. The number of halogens is 1. The normalized spacial score (nSPS) is 14.3. The zero-order valence-corrected chi connectivity index (χ0v) is 18.2. The van der Waals surface area contributed by atoms with Crippen molar-refractivity contribution in [1.82, 2.24) is 19.9 Å². The molecular weight excluding hydrogens is 401 g/mol. The molecule has 8 heteroatoms. The molecule has 0 bridgehead atoms. The van der Waals surface area contributed by atoms with Crippen LogP contribution in [0.2, 0.25) is 0 Å². The van der Waals surface area contributed by atoms with Gasteiger partial charge in [0.05, 0.1) is 10.7 Å². The van der Waals surface area contributed by atoms with Gasteiger partial charge in [0.15, 0.2) is 0 Å². The highest BCUT2D eigenvalue weighted by Crippen LogP contribution is 2.24. The van der Waals surface area contributed by atoms with E-state index in [1.807, 2.05) is 31.7 Å². The van der Waals surface area contributed by atoms with Crippen LogP contribution in [0.15, 0.2) is 30.3 Å². The number of piperazine rings is 1. The molecule has 0 N–H and O–H groups in total. The van der Waals surface area contributed by atoms with Gasteiger partial charge in [-0.25, -0.2) is 19.3 Å². The van der Waals surface area contributed by atoms with E-state index in [9.17, 15) is 9.18 Å². The summed E-state index contributed by atoms with van der Waals surface area (Å²) in [5.74, 6) is 1.46. The van der Waals surface area contributed by atoms with Crippen LogP contribution in [-0.4, -0.2) is 51.9 Å². The minimum atomic E-state index is -0.253. The molecule has 1 aliphatic rings. The van der Waals surface area contributed by atoms with Crippen LogP contribution in [0.4, 0.5) is 10.2 Å². The van der Waals surface area contributed by atoms with E-state index in [0.29, 0.717) is 24.4 Å². The fourth-order valence-corrected chi connectivity index (χ4v) is 4.71. The topological polar surface area (TPSA) is 62.2 Å². The highest BCUT2D eigenvalue weighted by molar-refractivity contribution is 7.13. The van der Waals surface area contributed by atoms with Crippen molar-refractivity contribution < 1.29 is 9.18 Å². The third kappa shape index (κ3) is 4.48. The monoisotopic (exact) mass is 425 g/mol. The Balaban J connectivity index is 1.41. The van der Waals surface area contributed by atoms with Crippen molar-refractivity contribution in [3.05, 3.63) is 68.8 Å². The molecule has 1 aliphatic heterocycles. The summed E-state index contributed by atoms with van der Waals surface area (Å²) in [7, 11) is 0. The summed E-state index contributed by atoms with van der Waals surface area (Å²) in [6.45, 7) is 8.50. The molecule has 30 heavy (non-hydrogen) atoms. The maximum Gasteiger partial charge on any atom is 0.265 e. The van der Waals surface area contributed by atoms with Gasteiger partial charge in [0.25, 0.3) is 5.91 Å². The number of hydrogen-bond donors (Lipinski definition) is 0. The van der Waals surface area contributed by atoms with Crippen molar-refractivity contribution in [1.29, 1.82) is 0 Å². The maximum atomic E-state index is 13.1. The van der Waals surface area contributed by atoms with Crippen LogP contribution in [0, 0.1) is 26.6 Å². The summed E-state index contributed by atoms with van der Waals surface area (Å²) in [6, 6.07) is 8.39. The van der Waals surface area contributed by atoms with E-state index in [1.165, 1.54) is 23.5 Å². The van der Waals surface area contributed by atoms with Crippen LogP contribution >= 0.6 is 11.3 Å². The lowest BCUT2D eigenvalue weighted by Gasteiger charge is -2.35. The van der Waals surface area contributed by atoms with Gasteiger partial charge in [-0.1, -0.05) is 12.1 Å². The van der Waals surface area contributed by atoms with E-state index >= 15 is 0 Å². The number of anilines is 1. The first-order valence-electron chi connectivity index (χ1n) is 9.96. The number of carbonyl (C=O) groups is 1. The number of hydrogen-bond acceptors (Lipinski definition) is 6. The Kier molecular flexibility index (Phi) is 5.76. The molecule has 1 aromatic carbocycles. The van der Waals surface area contributed by atoms with Gasteiger partial charge >= 0.3 is 0 Å². The Morgan fingerprint density at radius 2 is 1.73 bits per heavy atom. The Morgan fingerprint density at radius 1 is 1.03 bits per heavy atom. The first-order chi connectivity index (χ1) is 14.4. The lowest BCUT2D eigenvalue weighted by molar-refractivity contribution is 0.0750. The highest BCUT2D eigenvalue weighted by Gasteiger charge is 2.26. The molecule has 3 heterocycles. The second-order valence-corrected chi connectivity index (χ2v) is 8.60. The van der Waals surface area contributed by atoms with Crippen molar-refractivity contribution in [2.45, 2.75) is 27.2 Å². The fraction of sp³-hybridized carbons (Fsp3) is 0.364. The van der Waals surface area contributed by atoms with Crippen LogP contribution in [0.5, 0.6) is 0 Å². The van der Waals surface area contributed by atoms with Crippen LogP contribution < -0.4 is 4.90 Å². The molecule has 6 nitrogen and oxygen atoms in total. The SMILES string of the molecule is Cc1cc(N2CCN(C(=O)c3sc(Cc4ccc(F)cc4)nc3C)CC2)nc(C)n1. The number of nitrogens with zero attached hydrogens (tertiary/aromatic N) is 5. The largest absolute Gasteiger partial charge is 0.353 e. The molecule has 0 atom stereocenters. The van der Waals surface area contributed by atoms with Crippen molar-refractivity contribution >= 4 is 23.1 Å². The predicted octanol–water partition coefficient (Wildman–Crippen LogP) is 3.55. The maximum absolute atomic E-state index is 13.1. The molecule has 0 aliphatic carbocycles. The first-order valence-corrected chi connectivity index (χ1v) is 10.8. The minimum Gasteiger partial charge on any atom is -0.353 e. The highest BCUT2D eigenvalue weighted by atomic mass is 32.1. The summed E-state index contributed by atoms with van der Waals surface area (Å²) < 4.78 is 13.1. The third-order valence-corrected chi connectivity index (χ3v) is 6.29. The van der Waals surface area contributed by atoms with Gasteiger partial charge in [-0.05, 0) is 38.5 Å². The summed E-state index contributed by atoms with van der Waals surface area (Å²) in [5.41, 5.74) is 2.68. The smallest absolute Gasteiger partial charge is 0.265 e. The van der Waals surface area contributed by atoms with Crippen molar-refractivity contribution in [3.8, 4) is 0 Å². The Hall–Kier alpha value is -2.87. The number of carbonyl (C=O) groups excluding carboxylic acids is 1. The van der Waals surface area contributed by atoms with Gasteiger partial charge in [0.1, 0.15) is 22.3 Å². The standard InChI is InChI=1S/C22H24FN5OS/c1-14-12-19(26-16(3)24-14)27-8-10-28(11-9-27)22(29)21-15(2)25-20(30-21)13-17-4-6-18(23)7-5-17/h4-7,12H,8-11,13H2,1-3H3. The van der Waals surface area contributed by atoms with E-state index in [1.54, 1.807) is 12.1 Å². The molecule has 0 spiro atoms. The van der Waals surface area contributed by atoms with Crippen LogP contribution in [0.3, 0.4) is 0 Å². The van der Waals surface area contributed by atoms with E-state index in [0.717, 1.165) is 46.7 Å². The predicted molar refractivity (Wildman–Crippen MR) is 116 cm³/mol. The lowest BCUT2D eigenvalue weighted by Crippen LogP contribution is -2.49. The van der Waals surface area contributed by atoms with Gasteiger partial charge in [-0.3, -0.25) is 4.79 Å². The number of aromatic nitrogens is 3. The van der Waals surface area contributed by atoms with E-state index in [-0.39, 0.29) is 11.7 Å². The first kappa shape index (κ1) is 20.4.